The topological polar surface area (TPSA) is 35.2 Å². The fourth-order valence-electron chi connectivity index (χ4n) is 2.44. The highest BCUT2D eigenvalue weighted by Gasteiger charge is 2.11. The Morgan fingerprint density at radius 1 is 1.00 bits per heavy atom. The quantitative estimate of drug-likeness (QED) is 0.637. The molecule has 0 amide bonds. The van der Waals surface area contributed by atoms with Crippen molar-refractivity contribution in [1.82, 2.24) is 0 Å². The second kappa shape index (κ2) is 6.65. The summed E-state index contributed by atoms with van der Waals surface area (Å²) in [7, 11) is 0. The minimum atomic E-state index is 0.506. The van der Waals surface area contributed by atoms with E-state index in [1.54, 1.807) is 0 Å². The van der Waals surface area contributed by atoms with E-state index in [2.05, 4.69) is 12.1 Å². The number of hydrogen-bond acceptors (Lipinski definition) is 2. The zero-order chi connectivity index (χ0) is 11.9. The lowest BCUT2D eigenvalue weighted by Gasteiger charge is -2.15. The smallest absolute Gasteiger partial charge is 0.0575 e. The van der Waals surface area contributed by atoms with Gasteiger partial charge in [0.05, 0.1) is 12.7 Å². The summed E-state index contributed by atoms with van der Waals surface area (Å²) in [6.45, 7) is 0.842. The van der Waals surface area contributed by atoms with Crippen molar-refractivity contribution in [2.75, 3.05) is 12.3 Å². The molecular formula is C15H23NO. The first-order valence-electron chi connectivity index (χ1n) is 6.80. The highest BCUT2D eigenvalue weighted by molar-refractivity contribution is 5.39. The fourth-order valence-corrected chi connectivity index (χ4v) is 2.44. The van der Waals surface area contributed by atoms with Crippen LogP contribution in [0, 0.1) is 0 Å². The summed E-state index contributed by atoms with van der Waals surface area (Å²) in [5.41, 5.74) is 7.80. The van der Waals surface area contributed by atoms with Gasteiger partial charge in [-0.3, -0.25) is 0 Å². The molecule has 1 aromatic rings. The van der Waals surface area contributed by atoms with Crippen molar-refractivity contribution in [3.05, 3.63) is 29.8 Å². The number of nitrogens with two attached hydrogens (primary N) is 1. The molecule has 0 bridgehead atoms. The lowest BCUT2D eigenvalue weighted by atomic mass is 10.1. The number of benzene rings is 1. The standard InChI is InChI=1S/C15H23NO/c16-14-9-7-13(8-10-14)11-12-17-15-5-3-1-2-4-6-15/h7-10,15H,1-6,11-12,16H2. The molecule has 17 heavy (non-hydrogen) atoms. The predicted molar refractivity (Wildman–Crippen MR) is 72.0 cm³/mol. The van der Waals surface area contributed by atoms with Gasteiger partial charge in [0.25, 0.3) is 0 Å². The van der Waals surface area contributed by atoms with Crippen molar-refractivity contribution in [2.24, 2.45) is 0 Å². The molecule has 1 saturated carbocycles. The van der Waals surface area contributed by atoms with Crippen LogP contribution in [-0.2, 0) is 11.2 Å². The van der Waals surface area contributed by atoms with Gasteiger partial charge in [-0.15, -0.1) is 0 Å². The van der Waals surface area contributed by atoms with Gasteiger partial charge >= 0.3 is 0 Å². The first kappa shape index (κ1) is 12.4. The van der Waals surface area contributed by atoms with E-state index >= 15 is 0 Å². The van der Waals surface area contributed by atoms with Crippen LogP contribution in [0.5, 0.6) is 0 Å². The van der Waals surface area contributed by atoms with Gasteiger partial charge in [0.15, 0.2) is 0 Å². The van der Waals surface area contributed by atoms with E-state index in [0.29, 0.717) is 6.10 Å². The van der Waals surface area contributed by atoms with Gasteiger partial charge in [0.2, 0.25) is 0 Å². The van der Waals surface area contributed by atoms with E-state index in [-0.39, 0.29) is 0 Å². The highest BCUT2D eigenvalue weighted by Crippen LogP contribution is 2.20. The van der Waals surface area contributed by atoms with Gasteiger partial charge in [0.1, 0.15) is 0 Å². The van der Waals surface area contributed by atoms with Crippen LogP contribution in [0.3, 0.4) is 0 Å². The summed E-state index contributed by atoms with van der Waals surface area (Å²) >= 11 is 0. The number of rotatable bonds is 4. The van der Waals surface area contributed by atoms with E-state index < -0.39 is 0 Å². The minimum Gasteiger partial charge on any atom is -0.399 e. The Bertz CT molecular complexity index is 312. The molecule has 1 aromatic carbocycles. The molecule has 0 saturated heterocycles. The highest BCUT2D eigenvalue weighted by atomic mass is 16.5. The van der Waals surface area contributed by atoms with Crippen LogP contribution in [0.2, 0.25) is 0 Å². The van der Waals surface area contributed by atoms with Crippen LogP contribution in [0.25, 0.3) is 0 Å². The monoisotopic (exact) mass is 233 g/mol. The predicted octanol–water partition coefficient (Wildman–Crippen LogP) is 3.55. The Labute approximate surface area is 104 Å². The Morgan fingerprint density at radius 2 is 1.65 bits per heavy atom. The van der Waals surface area contributed by atoms with Crippen LogP contribution >= 0.6 is 0 Å². The van der Waals surface area contributed by atoms with Gasteiger partial charge in [-0.1, -0.05) is 37.8 Å². The maximum atomic E-state index is 5.97. The molecule has 94 valence electrons. The Balaban J connectivity index is 1.69. The zero-order valence-corrected chi connectivity index (χ0v) is 10.5. The number of anilines is 1. The third kappa shape index (κ3) is 4.39. The molecule has 0 atom stereocenters. The Morgan fingerprint density at radius 3 is 2.29 bits per heavy atom. The number of nitrogen functional groups attached to an aromatic ring is 1. The summed E-state index contributed by atoms with van der Waals surface area (Å²) in [6.07, 6.45) is 9.46. The van der Waals surface area contributed by atoms with Gasteiger partial charge in [0, 0.05) is 5.69 Å². The molecule has 0 aromatic heterocycles. The minimum absolute atomic E-state index is 0.506. The molecule has 1 aliphatic rings. The molecule has 0 spiro atoms. The van der Waals surface area contributed by atoms with Crippen LogP contribution in [-0.4, -0.2) is 12.7 Å². The molecule has 1 aliphatic carbocycles. The molecule has 0 aliphatic heterocycles. The molecule has 2 N–H and O–H groups in total. The summed E-state index contributed by atoms with van der Waals surface area (Å²) < 4.78 is 5.97. The molecule has 2 heteroatoms. The van der Waals surface area contributed by atoms with Crippen molar-refractivity contribution < 1.29 is 4.74 Å². The lowest BCUT2D eigenvalue weighted by molar-refractivity contribution is 0.0453. The van der Waals surface area contributed by atoms with Crippen molar-refractivity contribution in [3.8, 4) is 0 Å². The average molecular weight is 233 g/mol. The van der Waals surface area contributed by atoms with Crippen LogP contribution < -0.4 is 5.73 Å². The average Bonchev–Trinajstić information content (AvgIpc) is 2.60. The molecule has 0 heterocycles. The van der Waals surface area contributed by atoms with E-state index in [0.717, 1.165) is 18.7 Å². The Hall–Kier alpha value is -1.02. The first-order chi connectivity index (χ1) is 8.34. The largest absolute Gasteiger partial charge is 0.399 e. The summed E-state index contributed by atoms with van der Waals surface area (Å²) in [6, 6.07) is 8.10. The van der Waals surface area contributed by atoms with E-state index in [9.17, 15) is 0 Å². The van der Waals surface area contributed by atoms with Crippen molar-refractivity contribution in [2.45, 2.75) is 51.0 Å². The zero-order valence-electron chi connectivity index (χ0n) is 10.5. The number of ether oxygens (including phenoxy) is 1. The second-order valence-corrected chi connectivity index (χ2v) is 4.98. The van der Waals surface area contributed by atoms with Gasteiger partial charge < -0.3 is 10.5 Å². The van der Waals surface area contributed by atoms with Crippen molar-refractivity contribution in [1.29, 1.82) is 0 Å². The van der Waals surface area contributed by atoms with Crippen molar-refractivity contribution in [3.63, 3.8) is 0 Å². The number of hydrogen-bond donors (Lipinski definition) is 1. The lowest BCUT2D eigenvalue weighted by Crippen LogP contribution is -2.13. The van der Waals surface area contributed by atoms with E-state index in [1.165, 1.54) is 44.1 Å². The second-order valence-electron chi connectivity index (χ2n) is 4.98. The summed E-state index contributed by atoms with van der Waals surface area (Å²) in [5.74, 6) is 0. The van der Waals surface area contributed by atoms with Gasteiger partial charge in [-0.25, -0.2) is 0 Å². The Kier molecular flexibility index (Phi) is 4.87. The molecule has 0 radical (unpaired) electrons. The fraction of sp³-hybridized carbons (Fsp3) is 0.600. The van der Waals surface area contributed by atoms with Crippen LogP contribution in [0.1, 0.15) is 44.1 Å². The van der Waals surface area contributed by atoms with E-state index in [4.69, 9.17) is 10.5 Å². The first-order valence-corrected chi connectivity index (χ1v) is 6.80. The molecule has 2 nitrogen and oxygen atoms in total. The maximum absolute atomic E-state index is 5.97. The van der Waals surface area contributed by atoms with Crippen LogP contribution in [0.4, 0.5) is 5.69 Å². The molecule has 2 rings (SSSR count). The van der Waals surface area contributed by atoms with Gasteiger partial charge in [-0.05, 0) is 37.0 Å². The van der Waals surface area contributed by atoms with Gasteiger partial charge in [-0.2, -0.15) is 0 Å². The summed E-state index contributed by atoms with van der Waals surface area (Å²) in [4.78, 5) is 0. The SMILES string of the molecule is Nc1ccc(CCOC2CCCCCC2)cc1. The van der Waals surface area contributed by atoms with Crippen LogP contribution in [0.15, 0.2) is 24.3 Å². The molecular weight excluding hydrogens is 210 g/mol. The van der Waals surface area contributed by atoms with Crippen molar-refractivity contribution >= 4 is 5.69 Å². The summed E-state index contributed by atoms with van der Waals surface area (Å²) in [5, 5.41) is 0. The molecule has 1 fully saturated rings. The normalized spacial score (nSPS) is 17.9. The third-order valence-electron chi connectivity index (χ3n) is 3.53. The third-order valence-corrected chi connectivity index (χ3v) is 3.53. The van der Waals surface area contributed by atoms with E-state index in [1.807, 2.05) is 12.1 Å². The molecule has 0 unspecified atom stereocenters. The maximum Gasteiger partial charge on any atom is 0.0575 e.